The highest BCUT2D eigenvalue weighted by molar-refractivity contribution is 7.38. The molecule has 21 heavy (non-hydrogen) atoms. The summed E-state index contributed by atoms with van der Waals surface area (Å²) in [6.07, 6.45) is 0. The molecule has 0 radical (unpaired) electrons. The number of hydrogen-bond acceptors (Lipinski definition) is 2. The summed E-state index contributed by atoms with van der Waals surface area (Å²) in [6.45, 7) is 20.0. The summed E-state index contributed by atoms with van der Waals surface area (Å²) in [5.41, 5.74) is 0. The largest absolute Gasteiger partial charge is 0.144 e. The Morgan fingerprint density at radius 1 is 0.714 bits per heavy atom. The average molecular weight is 367 g/mol. The number of thiophene rings is 2. The van der Waals surface area contributed by atoms with E-state index in [0.717, 1.165) is 0 Å². The van der Waals surface area contributed by atoms with Gasteiger partial charge in [-0.05, 0) is 19.4 Å². The van der Waals surface area contributed by atoms with Gasteiger partial charge in [0.1, 0.15) is 8.07 Å². The lowest BCUT2D eigenvalue weighted by atomic mass is 10.4. The fourth-order valence-corrected chi connectivity index (χ4v) is 14.1. The molecule has 0 spiro atoms. The van der Waals surface area contributed by atoms with Crippen molar-refractivity contribution in [2.45, 2.75) is 52.4 Å². The molecule has 0 unspecified atom stereocenters. The number of fused-ring (bicyclic) bond motifs is 3. The predicted octanol–water partition coefficient (Wildman–Crippen LogP) is 3.70. The van der Waals surface area contributed by atoms with E-state index in [0.29, 0.717) is 0 Å². The summed E-state index contributed by atoms with van der Waals surface area (Å²) in [7, 11) is -3.80. The minimum absolute atomic E-state index is 1.19. The van der Waals surface area contributed by atoms with Gasteiger partial charge in [-0.25, -0.2) is 0 Å². The van der Waals surface area contributed by atoms with Crippen LogP contribution in [0.15, 0.2) is 12.1 Å². The third-order valence-electron chi connectivity index (χ3n) is 4.50. The van der Waals surface area contributed by atoms with Crippen LogP contribution in [0, 0.1) is 0 Å². The van der Waals surface area contributed by atoms with E-state index in [4.69, 9.17) is 0 Å². The van der Waals surface area contributed by atoms with Crippen molar-refractivity contribution in [3.8, 4) is 9.75 Å². The maximum absolute atomic E-state index is 2.60. The van der Waals surface area contributed by atoms with Gasteiger partial charge in [-0.3, -0.25) is 0 Å². The molecule has 0 atom stereocenters. The zero-order chi connectivity index (χ0) is 15.8. The zero-order valence-electron chi connectivity index (χ0n) is 14.5. The molecule has 1 aliphatic rings. The Hall–Kier alpha value is 0.0506. The SMILES string of the molecule is C[Si](C)(C)c1cc2c(s1)-c1sc([Si](C)(C)C)cc1[Si]2(C)C. The molecular formula is C16H26S2Si3. The standard InChI is InChI=1S/C16H26S2Si3/c1-19(2,3)13-9-11-15(17-13)16-12(21(11,7)8)10-14(18-16)20(4,5)6/h9-10H,1-8H3. The first-order chi connectivity index (χ1) is 9.42. The van der Waals surface area contributed by atoms with Crippen LogP contribution >= 0.6 is 22.7 Å². The molecule has 0 aromatic carbocycles. The molecule has 0 N–H and O–H groups in total. The highest BCUT2D eigenvalue weighted by Gasteiger charge is 2.42. The van der Waals surface area contributed by atoms with Gasteiger partial charge in [0.15, 0.2) is 0 Å². The fourth-order valence-electron chi connectivity index (χ4n) is 2.93. The normalized spacial score (nSPS) is 17.0. The van der Waals surface area contributed by atoms with Gasteiger partial charge in [0.05, 0.1) is 16.1 Å². The molecule has 2 aromatic heterocycles. The molecule has 0 bridgehead atoms. The van der Waals surface area contributed by atoms with E-state index in [-0.39, 0.29) is 0 Å². The van der Waals surface area contributed by atoms with Crippen molar-refractivity contribution in [3.05, 3.63) is 12.1 Å². The molecule has 5 heteroatoms. The lowest BCUT2D eigenvalue weighted by Crippen LogP contribution is -2.50. The van der Waals surface area contributed by atoms with Crippen LogP contribution in [0.25, 0.3) is 9.75 Å². The minimum atomic E-state index is -1.43. The zero-order valence-corrected chi connectivity index (χ0v) is 19.1. The maximum Gasteiger partial charge on any atom is 0.116 e. The number of hydrogen-bond donors (Lipinski definition) is 0. The van der Waals surface area contributed by atoms with Crippen LogP contribution in [0.1, 0.15) is 0 Å². The summed E-state index contributed by atoms with van der Waals surface area (Å²) < 4.78 is 3.39. The molecule has 3 rings (SSSR count). The molecule has 114 valence electrons. The second-order valence-electron chi connectivity index (χ2n) is 8.83. The topological polar surface area (TPSA) is 0 Å². The van der Waals surface area contributed by atoms with Crippen LogP contribution in [0.5, 0.6) is 0 Å². The molecule has 0 amide bonds. The van der Waals surface area contributed by atoms with Crippen LogP contribution in [-0.2, 0) is 0 Å². The molecule has 0 saturated carbocycles. The first-order valence-corrected chi connectivity index (χ1v) is 19.4. The monoisotopic (exact) mass is 366 g/mol. The van der Waals surface area contributed by atoms with E-state index >= 15 is 0 Å². The third kappa shape index (κ3) is 2.41. The highest BCUT2D eigenvalue weighted by atomic mass is 32.1. The van der Waals surface area contributed by atoms with Crippen molar-refractivity contribution in [2.75, 3.05) is 0 Å². The van der Waals surface area contributed by atoms with Crippen molar-refractivity contribution in [1.82, 2.24) is 0 Å². The van der Waals surface area contributed by atoms with E-state index in [1.807, 2.05) is 0 Å². The summed E-state index contributed by atoms with van der Waals surface area (Å²) >= 11 is 4.24. The predicted molar refractivity (Wildman–Crippen MR) is 110 cm³/mol. The van der Waals surface area contributed by atoms with Crippen molar-refractivity contribution in [1.29, 1.82) is 0 Å². The molecule has 3 heterocycles. The van der Waals surface area contributed by atoms with Crippen LogP contribution in [-0.4, -0.2) is 24.2 Å². The van der Waals surface area contributed by atoms with E-state index in [1.165, 1.54) is 0 Å². The van der Waals surface area contributed by atoms with E-state index < -0.39 is 24.2 Å². The quantitative estimate of drug-likeness (QED) is 0.711. The summed E-state index contributed by atoms with van der Waals surface area (Å²) in [5.74, 6) is 0. The Morgan fingerprint density at radius 2 is 1.05 bits per heavy atom. The molecule has 0 saturated heterocycles. The maximum atomic E-state index is 2.60. The van der Waals surface area contributed by atoms with Gasteiger partial charge in [-0.15, -0.1) is 22.7 Å². The van der Waals surface area contributed by atoms with Gasteiger partial charge in [0, 0.05) is 9.75 Å². The van der Waals surface area contributed by atoms with Gasteiger partial charge in [0.25, 0.3) is 0 Å². The van der Waals surface area contributed by atoms with Crippen LogP contribution in [0.3, 0.4) is 0 Å². The van der Waals surface area contributed by atoms with Gasteiger partial charge < -0.3 is 0 Å². The molecular weight excluding hydrogens is 341 g/mol. The Morgan fingerprint density at radius 3 is 1.33 bits per heavy atom. The lowest BCUT2D eigenvalue weighted by molar-refractivity contribution is 1.78. The Bertz CT molecular complexity index is 649. The third-order valence-corrected chi connectivity index (χ3v) is 17.9. The molecule has 0 nitrogen and oxygen atoms in total. The van der Waals surface area contributed by atoms with Crippen molar-refractivity contribution in [2.24, 2.45) is 0 Å². The smallest absolute Gasteiger partial charge is 0.116 e. The van der Waals surface area contributed by atoms with Crippen molar-refractivity contribution < 1.29 is 0 Å². The second kappa shape index (κ2) is 4.54. The minimum Gasteiger partial charge on any atom is -0.144 e. The van der Waals surface area contributed by atoms with Crippen LogP contribution in [0.4, 0.5) is 0 Å². The number of rotatable bonds is 2. The molecule has 0 aliphatic carbocycles. The van der Waals surface area contributed by atoms with Crippen molar-refractivity contribution >= 4 is 66.3 Å². The van der Waals surface area contributed by atoms with Crippen LogP contribution in [0.2, 0.25) is 52.4 Å². The summed E-state index contributed by atoms with van der Waals surface area (Å²) in [6, 6.07) is 5.19. The summed E-state index contributed by atoms with van der Waals surface area (Å²) in [4.78, 5) is 3.29. The van der Waals surface area contributed by atoms with E-state index in [9.17, 15) is 0 Å². The molecule has 1 aliphatic heterocycles. The summed E-state index contributed by atoms with van der Waals surface area (Å²) in [5, 5.41) is 3.46. The second-order valence-corrected chi connectivity index (χ2v) is 26.1. The average Bonchev–Trinajstić information content (AvgIpc) is 2.94. The highest BCUT2D eigenvalue weighted by Crippen LogP contribution is 2.35. The van der Waals surface area contributed by atoms with Gasteiger partial charge in [0.2, 0.25) is 0 Å². The fraction of sp³-hybridized carbons (Fsp3) is 0.500. The first-order valence-electron chi connectivity index (χ1n) is 7.72. The first kappa shape index (κ1) is 15.9. The van der Waals surface area contributed by atoms with Gasteiger partial charge >= 0.3 is 0 Å². The van der Waals surface area contributed by atoms with E-state index in [2.05, 4.69) is 87.2 Å². The van der Waals surface area contributed by atoms with Gasteiger partial charge in [-0.1, -0.05) is 64.5 Å². The van der Waals surface area contributed by atoms with Crippen LogP contribution < -0.4 is 19.4 Å². The van der Waals surface area contributed by atoms with Gasteiger partial charge in [-0.2, -0.15) is 0 Å². The lowest BCUT2D eigenvalue weighted by Gasteiger charge is -2.19. The molecule has 0 fully saturated rings. The van der Waals surface area contributed by atoms with E-state index in [1.54, 1.807) is 29.1 Å². The van der Waals surface area contributed by atoms with Crippen molar-refractivity contribution in [3.63, 3.8) is 0 Å². The Labute approximate surface area is 140 Å². The molecule has 2 aromatic rings. The Balaban J connectivity index is 2.21. The Kier molecular flexibility index (Phi) is 3.44.